The van der Waals surface area contributed by atoms with Gasteiger partial charge in [0.25, 0.3) is 5.91 Å². The van der Waals surface area contributed by atoms with E-state index in [-0.39, 0.29) is 11.9 Å². The van der Waals surface area contributed by atoms with Gasteiger partial charge in [-0.2, -0.15) is 5.10 Å². The van der Waals surface area contributed by atoms with Crippen LogP contribution in [0, 0.1) is 6.92 Å². The number of aromatic amines is 1. The molecule has 6 nitrogen and oxygen atoms in total. The number of nitrogens with zero attached hydrogens (tertiary/aromatic N) is 2. The number of hydrogen-bond acceptors (Lipinski definition) is 4. The maximum atomic E-state index is 12.6. The minimum absolute atomic E-state index is 0.196. The number of nitrogens with one attached hydrogen (secondary N) is 2. The van der Waals surface area contributed by atoms with Crippen LogP contribution < -0.4 is 10.1 Å². The molecule has 0 fully saturated rings. The summed E-state index contributed by atoms with van der Waals surface area (Å²) in [5.41, 5.74) is 3.05. The number of H-pyrrole nitrogens is 1. The van der Waals surface area contributed by atoms with E-state index in [1.54, 1.807) is 19.5 Å². The Morgan fingerprint density at radius 2 is 2.04 bits per heavy atom. The largest absolute Gasteiger partial charge is 0.497 e. The van der Waals surface area contributed by atoms with Gasteiger partial charge < -0.3 is 10.1 Å². The molecule has 2 aromatic heterocycles. The minimum atomic E-state index is -0.337. The van der Waals surface area contributed by atoms with Crippen LogP contribution in [0.4, 0.5) is 0 Å². The molecular formula is C18H18N4O2. The van der Waals surface area contributed by atoms with Crippen molar-refractivity contribution in [1.82, 2.24) is 20.5 Å². The predicted molar refractivity (Wildman–Crippen MR) is 89.9 cm³/mol. The monoisotopic (exact) mass is 322 g/mol. The normalized spacial score (nSPS) is 11.8. The Morgan fingerprint density at radius 3 is 2.71 bits per heavy atom. The molecule has 6 heteroatoms. The highest BCUT2D eigenvalue weighted by Crippen LogP contribution is 2.25. The lowest BCUT2D eigenvalue weighted by Crippen LogP contribution is -2.29. The fourth-order valence-corrected chi connectivity index (χ4v) is 2.52. The van der Waals surface area contributed by atoms with E-state index in [0.717, 1.165) is 22.6 Å². The zero-order chi connectivity index (χ0) is 16.9. The quantitative estimate of drug-likeness (QED) is 0.757. The van der Waals surface area contributed by atoms with Gasteiger partial charge in [0, 0.05) is 18.1 Å². The molecule has 0 bridgehead atoms. The van der Waals surface area contributed by atoms with Crippen LogP contribution >= 0.6 is 0 Å². The average Bonchev–Trinajstić information content (AvgIpc) is 3.06. The minimum Gasteiger partial charge on any atom is -0.497 e. The zero-order valence-electron chi connectivity index (χ0n) is 13.5. The van der Waals surface area contributed by atoms with Gasteiger partial charge in [0.15, 0.2) is 0 Å². The molecule has 1 amide bonds. The molecule has 0 saturated carbocycles. The Morgan fingerprint density at radius 1 is 1.21 bits per heavy atom. The lowest BCUT2D eigenvalue weighted by molar-refractivity contribution is 0.0942. The Kier molecular flexibility index (Phi) is 4.56. The first-order chi connectivity index (χ1) is 11.7. The van der Waals surface area contributed by atoms with Crippen molar-refractivity contribution in [1.29, 1.82) is 0 Å². The molecule has 3 aromatic rings. The molecule has 2 N–H and O–H groups in total. The van der Waals surface area contributed by atoms with Crippen LogP contribution in [0.1, 0.15) is 33.2 Å². The smallest absolute Gasteiger partial charge is 0.255 e. The topological polar surface area (TPSA) is 79.9 Å². The number of benzene rings is 1. The fourth-order valence-electron chi connectivity index (χ4n) is 2.52. The Hall–Kier alpha value is -3.15. The summed E-state index contributed by atoms with van der Waals surface area (Å²) in [4.78, 5) is 16.8. The Bertz CT molecular complexity index is 830. The van der Waals surface area contributed by atoms with E-state index in [9.17, 15) is 4.79 Å². The van der Waals surface area contributed by atoms with Crippen molar-refractivity contribution in [2.24, 2.45) is 0 Å². The summed E-state index contributed by atoms with van der Waals surface area (Å²) in [6, 6.07) is 11.1. The maximum Gasteiger partial charge on any atom is 0.255 e. The average molecular weight is 322 g/mol. The number of carbonyl (C=O) groups is 1. The summed E-state index contributed by atoms with van der Waals surface area (Å²) in [6.45, 7) is 1.81. The number of carbonyl (C=O) groups excluding carboxylic acids is 1. The number of rotatable bonds is 5. The molecule has 24 heavy (non-hydrogen) atoms. The number of ether oxygens (including phenoxy) is 1. The lowest BCUT2D eigenvalue weighted by Gasteiger charge is -2.20. The third-order valence-corrected chi connectivity index (χ3v) is 3.79. The summed E-state index contributed by atoms with van der Waals surface area (Å²) in [5.74, 6) is 0.535. The number of hydrogen-bond donors (Lipinski definition) is 2. The number of pyridine rings is 1. The fraction of sp³-hybridized carbons (Fsp3) is 0.167. The first kappa shape index (κ1) is 15.7. The lowest BCUT2D eigenvalue weighted by atomic mass is 9.99. The van der Waals surface area contributed by atoms with Crippen LogP contribution in [-0.2, 0) is 0 Å². The molecule has 1 atom stereocenters. The van der Waals surface area contributed by atoms with Gasteiger partial charge in [0.1, 0.15) is 5.75 Å². The van der Waals surface area contributed by atoms with Crippen LogP contribution in [0.2, 0.25) is 0 Å². The van der Waals surface area contributed by atoms with E-state index >= 15 is 0 Å². The highest BCUT2D eigenvalue weighted by molar-refractivity contribution is 5.95. The molecule has 0 unspecified atom stereocenters. The Balaban J connectivity index is 1.96. The molecule has 3 rings (SSSR count). The van der Waals surface area contributed by atoms with Gasteiger partial charge in [-0.1, -0.05) is 18.2 Å². The molecule has 0 aliphatic heterocycles. The number of methoxy groups -OCH3 is 1. The van der Waals surface area contributed by atoms with Crippen LogP contribution in [0.25, 0.3) is 0 Å². The van der Waals surface area contributed by atoms with Crippen molar-refractivity contribution < 1.29 is 9.53 Å². The number of aryl methyl sites for hydroxylation is 1. The summed E-state index contributed by atoms with van der Waals surface area (Å²) in [7, 11) is 1.62. The molecule has 0 saturated heterocycles. The summed E-state index contributed by atoms with van der Waals surface area (Å²) < 4.78 is 5.29. The predicted octanol–water partition coefficient (Wildman–Crippen LogP) is 2.64. The summed E-state index contributed by atoms with van der Waals surface area (Å²) in [5, 5.41) is 9.73. The number of amides is 1. The van der Waals surface area contributed by atoms with Crippen molar-refractivity contribution in [2.45, 2.75) is 13.0 Å². The van der Waals surface area contributed by atoms with E-state index in [0.29, 0.717) is 5.56 Å². The molecular weight excluding hydrogens is 304 g/mol. The van der Waals surface area contributed by atoms with Crippen LogP contribution in [0.15, 0.2) is 55.0 Å². The van der Waals surface area contributed by atoms with Crippen LogP contribution in [0.3, 0.4) is 0 Å². The maximum absolute atomic E-state index is 12.6. The second-order valence-corrected chi connectivity index (χ2v) is 5.38. The first-order valence-corrected chi connectivity index (χ1v) is 7.53. The first-order valence-electron chi connectivity index (χ1n) is 7.53. The molecule has 0 spiro atoms. The SMILES string of the molecule is COc1cccc([C@@H](NC(=O)c2cn[nH]c2C)c2cccnc2)c1. The van der Waals surface area contributed by atoms with Crippen LogP contribution in [-0.4, -0.2) is 28.2 Å². The molecule has 2 heterocycles. The van der Waals surface area contributed by atoms with Gasteiger partial charge in [-0.25, -0.2) is 0 Å². The van der Waals surface area contributed by atoms with Gasteiger partial charge in [0.2, 0.25) is 0 Å². The van der Waals surface area contributed by atoms with Gasteiger partial charge in [-0.05, 0) is 36.2 Å². The second kappa shape index (κ2) is 6.95. The zero-order valence-corrected chi connectivity index (χ0v) is 13.5. The van der Waals surface area contributed by atoms with E-state index in [1.165, 1.54) is 6.20 Å². The van der Waals surface area contributed by atoms with Crippen molar-refractivity contribution in [3.05, 3.63) is 77.4 Å². The van der Waals surface area contributed by atoms with Crippen molar-refractivity contribution in [3.63, 3.8) is 0 Å². The van der Waals surface area contributed by atoms with E-state index in [1.807, 2.05) is 43.3 Å². The third kappa shape index (κ3) is 3.27. The van der Waals surface area contributed by atoms with E-state index < -0.39 is 0 Å². The Labute approximate surface area is 139 Å². The molecule has 1 aromatic carbocycles. The highest BCUT2D eigenvalue weighted by atomic mass is 16.5. The summed E-state index contributed by atoms with van der Waals surface area (Å²) in [6.07, 6.45) is 4.97. The highest BCUT2D eigenvalue weighted by Gasteiger charge is 2.20. The van der Waals surface area contributed by atoms with Gasteiger partial charge in [-0.3, -0.25) is 14.9 Å². The molecule has 0 aliphatic carbocycles. The second-order valence-electron chi connectivity index (χ2n) is 5.38. The van der Waals surface area contributed by atoms with E-state index in [2.05, 4.69) is 20.5 Å². The van der Waals surface area contributed by atoms with Crippen molar-refractivity contribution >= 4 is 5.91 Å². The molecule has 122 valence electrons. The van der Waals surface area contributed by atoms with Gasteiger partial charge >= 0.3 is 0 Å². The molecule has 0 aliphatic rings. The van der Waals surface area contributed by atoms with Gasteiger partial charge in [-0.15, -0.1) is 0 Å². The number of aromatic nitrogens is 3. The van der Waals surface area contributed by atoms with E-state index in [4.69, 9.17) is 4.74 Å². The molecule has 0 radical (unpaired) electrons. The van der Waals surface area contributed by atoms with Crippen LogP contribution in [0.5, 0.6) is 5.75 Å². The standard InChI is InChI=1S/C18H18N4O2/c1-12-16(11-20-22-12)18(23)21-17(14-6-4-8-19-10-14)13-5-3-7-15(9-13)24-2/h3-11,17H,1-2H3,(H,20,22)(H,21,23)/t17-/m1/s1. The summed E-state index contributed by atoms with van der Waals surface area (Å²) >= 11 is 0. The third-order valence-electron chi connectivity index (χ3n) is 3.79. The van der Waals surface area contributed by atoms with Crippen molar-refractivity contribution in [2.75, 3.05) is 7.11 Å². The van der Waals surface area contributed by atoms with Crippen molar-refractivity contribution in [3.8, 4) is 5.75 Å². The van der Waals surface area contributed by atoms with Gasteiger partial charge in [0.05, 0.1) is 24.9 Å².